The summed E-state index contributed by atoms with van der Waals surface area (Å²) in [5.74, 6) is 0.0360. The van der Waals surface area contributed by atoms with Gasteiger partial charge in [0.25, 0.3) is 5.91 Å². The Bertz CT molecular complexity index is 522. The van der Waals surface area contributed by atoms with Crippen LogP contribution in [0.1, 0.15) is 22.3 Å². The molecule has 6 nitrogen and oxygen atoms in total. The number of nitrogens with zero attached hydrogens (tertiary/aromatic N) is 2. The number of thiazole rings is 2. The summed E-state index contributed by atoms with van der Waals surface area (Å²) in [5, 5.41) is 8.35. The predicted octanol–water partition coefficient (Wildman–Crippen LogP) is 1.54. The molecule has 8 heteroatoms. The largest absolute Gasteiger partial charge is 0.382 e. The molecular formula is C10H13N5OS2. The van der Waals surface area contributed by atoms with Gasteiger partial charge < -0.3 is 16.4 Å². The van der Waals surface area contributed by atoms with E-state index in [1.807, 2.05) is 12.3 Å². The van der Waals surface area contributed by atoms with Crippen LogP contribution in [0.5, 0.6) is 0 Å². The number of amides is 1. The SMILES string of the molecule is CCNc1nc(N)c(C(=O)NCc2cscn2)s1. The fourth-order valence-electron chi connectivity index (χ4n) is 1.30. The molecule has 0 unspecified atom stereocenters. The zero-order valence-electron chi connectivity index (χ0n) is 9.77. The first-order valence-corrected chi connectivity index (χ1v) is 7.12. The number of carbonyl (C=O) groups is 1. The maximum atomic E-state index is 11.9. The third-order valence-corrected chi connectivity index (χ3v) is 3.76. The number of nitrogens with two attached hydrogens (primary N) is 1. The summed E-state index contributed by atoms with van der Waals surface area (Å²) in [4.78, 5) is 20.5. The molecule has 0 bridgehead atoms. The van der Waals surface area contributed by atoms with Crippen molar-refractivity contribution in [3.05, 3.63) is 21.5 Å². The summed E-state index contributed by atoms with van der Waals surface area (Å²) in [5.41, 5.74) is 8.27. The van der Waals surface area contributed by atoms with Gasteiger partial charge in [-0.25, -0.2) is 9.97 Å². The minimum atomic E-state index is -0.220. The van der Waals surface area contributed by atoms with E-state index in [1.54, 1.807) is 5.51 Å². The minimum absolute atomic E-state index is 0.220. The van der Waals surface area contributed by atoms with Gasteiger partial charge in [0.2, 0.25) is 0 Å². The summed E-state index contributed by atoms with van der Waals surface area (Å²) >= 11 is 2.75. The highest BCUT2D eigenvalue weighted by Gasteiger charge is 2.15. The lowest BCUT2D eigenvalue weighted by atomic mass is 10.4. The molecule has 0 radical (unpaired) electrons. The highest BCUT2D eigenvalue weighted by Crippen LogP contribution is 2.24. The molecule has 2 heterocycles. The average Bonchev–Trinajstić information content (AvgIpc) is 2.96. The Morgan fingerprint density at radius 3 is 3.06 bits per heavy atom. The van der Waals surface area contributed by atoms with Crippen molar-refractivity contribution in [3.63, 3.8) is 0 Å². The molecule has 4 N–H and O–H groups in total. The standard InChI is InChI=1S/C10H13N5OS2/c1-2-12-10-15-8(11)7(18-10)9(16)13-3-6-4-17-5-14-6/h4-5H,2-3,11H2,1H3,(H,12,15)(H,13,16). The summed E-state index contributed by atoms with van der Waals surface area (Å²) < 4.78 is 0. The van der Waals surface area contributed by atoms with E-state index >= 15 is 0 Å². The molecule has 0 aliphatic carbocycles. The molecule has 18 heavy (non-hydrogen) atoms. The van der Waals surface area contributed by atoms with Crippen molar-refractivity contribution in [2.45, 2.75) is 13.5 Å². The molecule has 0 aromatic carbocycles. The second-order valence-electron chi connectivity index (χ2n) is 3.43. The Morgan fingerprint density at radius 2 is 2.39 bits per heavy atom. The van der Waals surface area contributed by atoms with E-state index in [1.165, 1.54) is 22.7 Å². The molecule has 0 fully saturated rings. The van der Waals surface area contributed by atoms with Crippen LogP contribution >= 0.6 is 22.7 Å². The van der Waals surface area contributed by atoms with Gasteiger partial charge in [0.1, 0.15) is 10.7 Å². The quantitative estimate of drug-likeness (QED) is 0.774. The second kappa shape index (κ2) is 5.78. The van der Waals surface area contributed by atoms with E-state index < -0.39 is 0 Å². The van der Waals surface area contributed by atoms with Gasteiger partial charge in [-0.3, -0.25) is 4.79 Å². The minimum Gasteiger partial charge on any atom is -0.382 e. The number of hydrogen-bond acceptors (Lipinski definition) is 7. The number of hydrogen-bond donors (Lipinski definition) is 3. The molecule has 0 spiro atoms. The van der Waals surface area contributed by atoms with Crippen LogP contribution in [-0.4, -0.2) is 22.4 Å². The van der Waals surface area contributed by atoms with Crippen molar-refractivity contribution >= 4 is 39.5 Å². The monoisotopic (exact) mass is 283 g/mol. The van der Waals surface area contributed by atoms with Crippen LogP contribution in [0.15, 0.2) is 10.9 Å². The van der Waals surface area contributed by atoms with Crippen LogP contribution in [0.25, 0.3) is 0 Å². The second-order valence-corrected chi connectivity index (χ2v) is 5.14. The first-order chi connectivity index (χ1) is 8.70. The highest BCUT2D eigenvalue weighted by molar-refractivity contribution is 7.18. The zero-order chi connectivity index (χ0) is 13.0. The van der Waals surface area contributed by atoms with E-state index in [2.05, 4.69) is 20.6 Å². The molecule has 0 saturated carbocycles. The summed E-state index contributed by atoms with van der Waals surface area (Å²) in [6.07, 6.45) is 0. The fourth-order valence-corrected chi connectivity index (χ4v) is 2.72. The molecule has 0 aliphatic rings. The van der Waals surface area contributed by atoms with Crippen LogP contribution in [0.2, 0.25) is 0 Å². The van der Waals surface area contributed by atoms with E-state index in [0.29, 0.717) is 16.6 Å². The van der Waals surface area contributed by atoms with Crippen LogP contribution in [0.3, 0.4) is 0 Å². The van der Waals surface area contributed by atoms with Crippen LogP contribution < -0.4 is 16.4 Å². The van der Waals surface area contributed by atoms with E-state index in [4.69, 9.17) is 5.73 Å². The normalized spacial score (nSPS) is 10.3. The van der Waals surface area contributed by atoms with E-state index in [9.17, 15) is 4.79 Å². The molecule has 2 rings (SSSR count). The number of rotatable bonds is 5. The fraction of sp³-hybridized carbons (Fsp3) is 0.300. The van der Waals surface area contributed by atoms with Crippen LogP contribution in [0.4, 0.5) is 10.9 Å². The number of aromatic nitrogens is 2. The van der Waals surface area contributed by atoms with Crippen LogP contribution in [0, 0.1) is 0 Å². The summed E-state index contributed by atoms with van der Waals surface area (Å²) in [6.45, 7) is 3.10. The van der Waals surface area contributed by atoms with Crippen molar-refractivity contribution in [2.24, 2.45) is 0 Å². The van der Waals surface area contributed by atoms with Gasteiger partial charge in [0, 0.05) is 11.9 Å². The summed E-state index contributed by atoms with van der Waals surface area (Å²) in [7, 11) is 0. The van der Waals surface area contributed by atoms with Gasteiger partial charge in [-0.15, -0.1) is 11.3 Å². The van der Waals surface area contributed by atoms with E-state index in [-0.39, 0.29) is 11.7 Å². The van der Waals surface area contributed by atoms with Gasteiger partial charge in [-0.1, -0.05) is 11.3 Å². The predicted molar refractivity (Wildman–Crippen MR) is 74.0 cm³/mol. The smallest absolute Gasteiger partial charge is 0.265 e. The maximum absolute atomic E-state index is 11.9. The van der Waals surface area contributed by atoms with Gasteiger partial charge >= 0.3 is 0 Å². The Labute approximate surface area is 112 Å². The lowest BCUT2D eigenvalue weighted by Crippen LogP contribution is -2.22. The third-order valence-electron chi connectivity index (χ3n) is 2.10. The zero-order valence-corrected chi connectivity index (χ0v) is 11.4. The van der Waals surface area contributed by atoms with Gasteiger partial charge in [0.15, 0.2) is 5.13 Å². The first-order valence-electron chi connectivity index (χ1n) is 5.36. The van der Waals surface area contributed by atoms with Crippen molar-refractivity contribution in [1.82, 2.24) is 15.3 Å². The Balaban J connectivity index is 2.00. The molecule has 2 aromatic heterocycles. The third kappa shape index (κ3) is 2.96. The van der Waals surface area contributed by atoms with Crippen molar-refractivity contribution in [3.8, 4) is 0 Å². The Kier molecular flexibility index (Phi) is 4.11. The Hall–Kier alpha value is -1.67. The first kappa shape index (κ1) is 12.8. The molecule has 0 aliphatic heterocycles. The molecule has 2 aromatic rings. The van der Waals surface area contributed by atoms with Crippen molar-refractivity contribution in [1.29, 1.82) is 0 Å². The van der Waals surface area contributed by atoms with E-state index in [0.717, 1.165) is 12.2 Å². The van der Waals surface area contributed by atoms with Crippen LogP contribution in [-0.2, 0) is 6.54 Å². The van der Waals surface area contributed by atoms with Gasteiger partial charge in [-0.2, -0.15) is 0 Å². The van der Waals surface area contributed by atoms with Crippen molar-refractivity contribution < 1.29 is 4.79 Å². The number of nitrogens with one attached hydrogen (secondary N) is 2. The molecule has 96 valence electrons. The molecular weight excluding hydrogens is 270 g/mol. The molecule has 1 amide bonds. The number of nitrogen functional groups attached to an aromatic ring is 1. The lowest BCUT2D eigenvalue weighted by Gasteiger charge is -2.00. The lowest BCUT2D eigenvalue weighted by molar-refractivity contribution is 0.0955. The average molecular weight is 283 g/mol. The number of carbonyl (C=O) groups excluding carboxylic acids is 1. The maximum Gasteiger partial charge on any atom is 0.265 e. The summed E-state index contributed by atoms with van der Waals surface area (Å²) in [6, 6.07) is 0. The molecule has 0 saturated heterocycles. The topological polar surface area (TPSA) is 92.9 Å². The number of anilines is 2. The Morgan fingerprint density at radius 1 is 1.56 bits per heavy atom. The molecule has 0 atom stereocenters. The van der Waals surface area contributed by atoms with Crippen molar-refractivity contribution in [2.75, 3.05) is 17.6 Å². The highest BCUT2D eigenvalue weighted by atomic mass is 32.1. The van der Waals surface area contributed by atoms with Gasteiger partial charge in [-0.05, 0) is 6.92 Å². The van der Waals surface area contributed by atoms with Gasteiger partial charge in [0.05, 0.1) is 17.7 Å².